The van der Waals surface area contributed by atoms with Crippen molar-refractivity contribution in [3.05, 3.63) is 5.82 Å². The number of carboxylic acid groups (broad SMARTS) is 1. The molecule has 1 unspecified atom stereocenters. The summed E-state index contributed by atoms with van der Waals surface area (Å²) in [6.07, 6.45) is 0.858. The lowest BCUT2D eigenvalue weighted by molar-refractivity contribution is -0.133. The predicted molar refractivity (Wildman–Crippen MR) is 85.5 cm³/mol. The van der Waals surface area contributed by atoms with Crippen molar-refractivity contribution in [1.82, 2.24) is 14.8 Å². The summed E-state index contributed by atoms with van der Waals surface area (Å²) in [7, 11) is 0. The third-order valence-electron chi connectivity index (χ3n) is 3.63. The molecule has 6 heteroatoms. The molecule has 1 rings (SSSR count). The van der Waals surface area contributed by atoms with Crippen molar-refractivity contribution in [3.8, 4) is 0 Å². The van der Waals surface area contributed by atoms with Crippen LogP contribution in [-0.4, -0.2) is 31.6 Å². The van der Waals surface area contributed by atoms with Crippen LogP contribution in [0.3, 0.4) is 0 Å². The van der Waals surface area contributed by atoms with Gasteiger partial charge in [0.05, 0.1) is 5.75 Å². The van der Waals surface area contributed by atoms with Crippen LogP contribution in [0, 0.1) is 17.3 Å². The van der Waals surface area contributed by atoms with Crippen molar-refractivity contribution >= 4 is 17.7 Å². The zero-order valence-electron chi connectivity index (χ0n) is 13.9. The molecule has 0 bridgehead atoms. The Labute approximate surface area is 131 Å². The first-order chi connectivity index (χ1) is 9.61. The molecule has 1 aromatic heterocycles. The lowest BCUT2D eigenvalue weighted by atomic mass is 9.80. The summed E-state index contributed by atoms with van der Waals surface area (Å²) < 4.78 is 2.08. The normalized spacial score (nSPS) is 13.7. The van der Waals surface area contributed by atoms with E-state index in [0.717, 1.165) is 18.8 Å². The number of carbonyl (C=O) groups is 1. The van der Waals surface area contributed by atoms with Crippen molar-refractivity contribution < 1.29 is 9.90 Å². The van der Waals surface area contributed by atoms with Gasteiger partial charge in [-0.2, -0.15) is 0 Å². The highest BCUT2D eigenvalue weighted by Crippen LogP contribution is 2.29. The second kappa shape index (κ2) is 7.29. The first kappa shape index (κ1) is 18.0. The molecule has 1 N–H and O–H groups in total. The van der Waals surface area contributed by atoms with Gasteiger partial charge >= 0.3 is 5.97 Å². The monoisotopic (exact) mass is 313 g/mol. The summed E-state index contributed by atoms with van der Waals surface area (Å²) in [5.74, 6) is 1.09. The Kier molecular flexibility index (Phi) is 6.25. The second-order valence-electron chi connectivity index (χ2n) is 7.06. The number of aromatic nitrogens is 3. The van der Waals surface area contributed by atoms with Crippen LogP contribution in [-0.2, 0) is 17.8 Å². The number of hydrogen-bond donors (Lipinski definition) is 1. The SMILES string of the molecule is CC(C)Cn1c(CC(C)C(C)(C)C)nnc1SCC(=O)O. The highest BCUT2D eigenvalue weighted by atomic mass is 32.2. The number of carboxylic acids is 1. The molecular formula is C15H27N3O2S. The molecule has 120 valence electrons. The van der Waals surface area contributed by atoms with Crippen molar-refractivity contribution in [2.75, 3.05) is 5.75 Å². The molecule has 1 aromatic rings. The minimum absolute atomic E-state index is 0.0189. The van der Waals surface area contributed by atoms with Gasteiger partial charge in [-0.1, -0.05) is 53.3 Å². The van der Waals surface area contributed by atoms with E-state index in [1.165, 1.54) is 11.8 Å². The minimum Gasteiger partial charge on any atom is -0.481 e. The average Bonchev–Trinajstić information content (AvgIpc) is 2.67. The van der Waals surface area contributed by atoms with E-state index >= 15 is 0 Å². The highest BCUT2D eigenvalue weighted by molar-refractivity contribution is 7.99. The van der Waals surface area contributed by atoms with E-state index in [-0.39, 0.29) is 11.2 Å². The molecule has 0 aliphatic carbocycles. The second-order valence-corrected chi connectivity index (χ2v) is 8.00. The predicted octanol–water partition coefficient (Wildman–Crippen LogP) is 3.34. The van der Waals surface area contributed by atoms with Gasteiger partial charge in [0.2, 0.25) is 0 Å². The summed E-state index contributed by atoms with van der Waals surface area (Å²) in [5.41, 5.74) is 0.211. The van der Waals surface area contributed by atoms with Crippen LogP contribution in [0.1, 0.15) is 47.4 Å². The van der Waals surface area contributed by atoms with E-state index in [1.54, 1.807) is 0 Å². The molecule has 0 saturated heterocycles. The van der Waals surface area contributed by atoms with Gasteiger partial charge in [0.1, 0.15) is 5.82 Å². The molecule has 0 aliphatic rings. The fourth-order valence-electron chi connectivity index (χ4n) is 1.83. The maximum atomic E-state index is 10.7. The third-order valence-corrected chi connectivity index (χ3v) is 4.58. The molecule has 0 spiro atoms. The van der Waals surface area contributed by atoms with E-state index in [0.29, 0.717) is 17.0 Å². The number of thioether (sulfide) groups is 1. The summed E-state index contributed by atoms with van der Waals surface area (Å²) in [5, 5.41) is 18.0. The lowest BCUT2D eigenvalue weighted by Gasteiger charge is -2.27. The Bertz CT molecular complexity index is 478. The molecule has 0 aliphatic heterocycles. The van der Waals surface area contributed by atoms with Gasteiger partial charge in [0.15, 0.2) is 5.16 Å². The first-order valence-electron chi connectivity index (χ1n) is 7.38. The van der Waals surface area contributed by atoms with Gasteiger partial charge in [-0.25, -0.2) is 0 Å². The summed E-state index contributed by atoms with van der Waals surface area (Å²) in [6, 6.07) is 0. The van der Waals surface area contributed by atoms with Gasteiger partial charge in [-0.3, -0.25) is 4.79 Å². The molecule has 1 heterocycles. The van der Waals surface area contributed by atoms with E-state index in [4.69, 9.17) is 5.11 Å². The van der Waals surface area contributed by atoms with Crippen molar-refractivity contribution in [1.29, 1.82) is 0 Å². The van der Waals surface area contributed by atoms with E-state index in [9.17, 15) is 4.79 Å². The fraction of sp³-hybridized carbons (Fsp3) is 0.800. The molecule has 0 fully saturated rings. The quantitative estimate of drug-likeness (QED) is 0.782. The Morgan fingerprint density at radius 2 is 1.90 bits per heavy atom. The molecule has 0 saturated carbocycles. The molecule has 0 aromatic carbocycles. The average molecular weight is 313 g/mol. The van der Waals surface area contributed by atoms with Gasteiger partial charge in [-0.15, -0.1) is 10.2 Å². The molecule has 0 radical (unpaired) electrons. The maximum Gasteiger partial charge on any atom is 0.313 e. The Hall–Kier alpha value is -1.04. The van der Waals surface area contributed by atoms with Crippen molar-refractivity contribution in [3.63, 3.8) is 0 Å². The zero-order valence-corrected chi connectivity index (χ0v) is 14.7. The van der Waals surface area contributed by atoms with E-state index in [1.807, 2.05) is 0 Å². The summed E-state index contributed by atoms with van der Waals surface area (Å²) >= 11 is 1.24. The van der Waals surface area contributed by atoms with Gasteiger partial charge in [0, 0.05) is 13.0 Å². The van der Waals surface area contributed by atoms with Crippen LogP contribution in [0.5, 0.6) is 0 Å². The van der Waals surface area contributed by atoms with Gasteiger partial charge in [-0.05, 0) is 17.3 Å². The Morgan fingerprint density at radius 1 is 1.29 bits per heavy atom. The van der Waals surface area contributed by atoms with Crippen LogP contribution in [0.4, 0.5) is 0 Å². The molecular weight excluding hydrogens is 286 g/mol. The minimum atomic E-state index is -0.830. The standard InChI is InChI=1S/C15H27N3O2S/c1-10(2)8-18-12(7-11(3)15(4,5)6)16-17-14(18)21-9-13(19)20/h10-11H,7-9H2,1-6H3,(H,19,20). The van der Waals surface area contributed by atoms with Gasteiger partial charge in [0.25, 0.3) is 0 Å². The first-order valence-corrected chi connectivity index (χ1v) is 8.36. The maximum absolute atomic E-state index is 10.7. The van der Waals surface area contributed by atoms with Crippen LogP contribution >= 0.6 is 11.8 Å². The van der Waals surface area contributed by atoms with Gasteiger partial charge < -0.3 is 9.67 Å². The number of nitrogens with zero attached hydrogens (tertiary/aromatic N) is 3. The number of rotatable bonds is 7. The van der Waals surface area contributed by atoms with Crippen LogP contribution in [0.15, 0.2) is 5.16 Å². The molecule has 21 heavy (non-hydrogen) atoms. The van der Waals surface area contributed by atoms with E-state index in [2.05, 4.69) is 56.3 Å². The molecule has 1 atom stereocenters. The largest absolute Gasteiger partial charge is 0.481 e. The fourth-order valence-corrected chi connectivity index (χ4v) is 2.52. The Balaban J connectivity index is 2.95. The lowest BCUT2D eigenvalue weighted by Crippen LogP contribution is -2.22. The zero-order chi connectivity index (χ0) is 16.2. The Morgan fingerprint density at radius 3 is 2.38 bits per heavy atom. The molecule has 5 nitrogen and oxygen atoms in total. The number of aliphatic carboxylic acids is 1. The number of hydrogen-bond acceptors (Lipinski definition) is 4. The van der Waals surface area contributed by atoms with Crippen LogP contribution < -0.4 is 0 Å². The topological polar surface area (TPSA) is 68.0 Å². The summed E-state index contributed by atoms with van der Waals surface area (Å²) in [6.45, 7) is 14.0. The van der Waals surface area contributed by atoms with E-state index < -0.39 is 5.97 Å². The highest BCUT2D eigenvalue weighted by Gasteiger charge is 2.24. The third kappa shape index (κ3) is 5.69. The molecule has 0 amide bonds. The smallest absolute Gasteiger partial charge is 0.313 e. The van der Waals surface area contributed by atoms with Crippen molar-refractivity contribution in [2.24, 2.45) is 17.3 Å². The summed E-state index contributed by atoms with van der Waals surface area (Å²) in [4.78, 5) is 10.7. The van der Waals surface area contributed by atoms with Crippen LogP contribution in [0.25, 0.3) is 0 Å². The van der Waals surface area contributed by atoms with Crippen molar-refractivity contribution in [2.45, 2.75) is 59.7 Å². The van der Waals surface area contributed by atoms with Crippen LogP contribution in [0.2, 0.25) is 0 Å².